The number of phenols is 1. The van der Waals surface area contributed by atoms with Gasteiger partial charge >= 0.3 is 0 Å². The van der Waals surface area contributed by atoms with Crippen molar-refractivity contribution in [1.82, 2.24) is 0 Å². The first-order valence-corrected chi connectivity index (χ1v) is 5.80. The van der Waals surface area contributed by atoms with Crippen LogP contribution in [0.4, 0.5) is 5.69 Å². The lowest BCUT2D eigenvalue weighted by Crippen LogP contribution is -2.12. The van der Waals surface area contributed by atoms with Gasteiger partial charge in [0.25, 0.3) is 5.91 Å². The van der Waals surface area contributed by atoms with Crippen LogP contribution >= 0.6 is 11.6 Å². The summed E-state index contributed by atoms with van der Waals surface area (Å²) in [6.45, 7) is 1.92. The first-order valence-electron chi connectivity index (χ1n) is 5.43. The second-order valence-electron chi connectivity index (χ2n) is 3.99. The van der Waals surface area contributed by atoms with Crippen LogP contribution in [0.25, 0.3) is 0 Å². The molecular formula is C14H12ClNO2. The third kappa shape index (κ3) is 2.81. The normalized spacial score (nSPS) is 10.1. The van der Waals surface area contributed by atoms with E-state index in [2.05, 4.69) is 5.32 Å². The Morgan fingerprint density at radius 1 is 1.22 bits per heavy atom. The Hall–Kier alpha value is -2.00. The zero-order chi connectivity index (χ0) is 13.1. The maximum atomic E-state index is 12.0. The van der Waals surface area contributed by atoms with Crippen molar-refractivity contribution >= 4 is 23.2 Å². The molecule has 2 rings (SSSR count). The third-order valence-electron chi connectivity index (χ3n) is 2.48. The molecule has 0 saturated heterocycles. The average Bonchev–Trinajstić information content (AvgIpc) is 2.32. The van der Waals surface area contributed by atoms with Crippen LogP contribution < -0.4 is 5.32 Å². The molecule has 0 unspecified atom stereocenters. The molecule has 2 N–H and O–H groups in total. The van der Waals surface area contributed by atoms with Crippen LogP contribution in [0, 0.1) is 6.92 Å². The van der Waals surface area contributed by atoms with E-state index in [0.717, 1.165) is 5.56 Å². The van der Waals surface area contributed by atoms with E-state index in [4.69, 9.17) is 11.6 Å². The Bertz CT molecular complexity index is 596. The number of phenolic OH excluding ortho intramolecular Hbond substituents is 1. The van der Waals surface area contributed by atoms with E-state index in [1.54, 1.807) is 18.2 Å². The highest BCUT2D eigenvalue weighted by molar-refractivity contribution is 6.34. The molecule has 1 amide bonds. The topological polar surface area (TPSA) is 49.3 Å². The van der Waals surface area contributed by atoms with Gasteiger partial charge in [0.15, 0.2) is 0 Å². The molecule has 0 bridgehead atoms. The minimum atomic E-state index is -0.230. The van der Waals surface area contributed by atoms with Crippen molar-refractivity contribution in [2.75, 3.05) is 5.32 Å². The van der Waals surface area contributed by atoms with Gasteiger partial charge in [-0.1, -0.05) is 29.3 Å². The number of carbonyl (C=O) groups excluding carboxylic acids is 1. The van der Waals surface area contributed by atoms with Gasteiger partial charge in [-0.3, -0.25) is 4.79 Å². The molecule has 0 heterocycles. The van der Waals surface area contributed by atoms with Crippen LogP contribution in [0.1, 0.15) is 15.9 Å². The summed E-state index contributed by atoms with van der Waals surface area (Å²) in [4.78, 5) is 12.0. The van der Waals surface area contributed by atoms with E-state index in [1.165, 1.54) is 12.1 Å². The van der Waals surface area contributed by atoms with Gasteiger partial charge in [-0.2, -0.15) is 0 Å². The summed E-state index contributed by atoms with van der Waals surface area (Å²) in [6, 6.07) is 11.7. The molecule has 0 fully saturated rings. The van der Waals surface area contributed by atoms with Gasteiger partial charge in [0.1, 0.15) is 5.75 Å². The molecule has 0 aliphatic carbocycles. The van der Waals surface area contributed by atoms with E-state index in [1.807, 2.05) is 19.1 Å². The van der Waals surface area contributed by atoms with E-state index in [-0.39, 0.29) is 11.7 Å². The molecule has 0 spiro atoms. The highest BCUT2D eigenvalue weighted by Gasteiger charge is 2.08. The molecule has 4 heteroatoms. The van der Waals surface area contributed by atoms with Crippen LogP contribution in [-0.4, -0.2) is 11.0 Å². The average molecular weight is 262 g/mol. The minimum Gasteiger partial charge on any atom is -0.508 e. The molecule has 2 aromatic carbocycles. The van der Waals surface area contributed by atoms with Gasteiger partial charge in [0, 0.05) is 11.6 Å². The monoisotopic (exact) mass is 261 g/mol. The first kappa shape index (κ1) is 12.5. The standard InChI is InChI=1S/C14H12ClNO2/c1-9-3-2-4-10(7-9)14(18)16-13-6-5-11(17)8-12(13)15/h2-8,17H,1H3,(H,16,18). The molecule has 92 valence electrons. The number of aryl methyl sites for hydroxylation is 1. The number of nitrogens with one attached hydrogen (secondary N) is 1. The van der Waals surface area contributed by atoms with Crippen molar-refractivity contribution in [3.05, 3.63) is 58.6 Å². The van der Waals surface area contributed by atoms with E-state index in [0.29, 0.717) is 16.3 Å². The van der Waals surface area contributed by atoms with Crippen LogP contribution in [0.15, 0.2) is 42.5 Å². The number of carbonyl (C=O) groups is 1. The zero-order valence-corrected chi connectivity index (χ0v) is 10.5. The number of benzene rings is 2. The van der Waals surface area contributed by atoms with Crippen molar-refractivity contribution in [3.63, 3.8) is 0 Å². The van der Waals surface area contributed by atoms with Gasteiger partial charge in [-0.15, -0.1) is 0 Å². The summed E-state index contributed by atoms with van der Waals surface area (Å²) in [5, 5.41) is 12.2. The highest BCUT2D eigenvalue weighted by atomic mass is 35.5. The summed E-state index contributed by atoms with van der Waals surface area (Å²) in [5.74, 6) is -0.167. The second kappa shape index (κ2) is 5.10. The molecule has 0 aliphatic rings. The smallest absolute Gasteiger partial charge is 0.255 e. The molecule has 0 aromatic heterocycles. The summed E-state index contributed by atoms with van der Waals surface area (Å²) in [6.07, 6.45) is 0. The van der Waals surface area contributed by atoms with Crippen molar-refractivity contribution in [3.8, 4) is 5.75 Å². The molecule has 0 aliphatic heterocycles. The fourth-order valence-electron chi connectivity index (χ4n) is 1.59. The number of hydrogen-bond acceptors (Lipinski definition) is 2. The van der Waals surface area contributed by atoms with E-state index < -0.39 is 0 Å². The van der Waals surface area contributed by atoms with Gasteiger partial charge in [0.2, 0.25) is 0 Å². The van der Waals surface area contributed by atoms with Gasteiger partial charge in [-0.05, 0) is 31.2 Å². The van der Waals surface area contributed by atoms with E-state index >= 15 is 0 Å². The first-order chi connectivity index (χ1) is 8.56. The SMILES string of the molecule is Cc1cccc(C(=O)Nc2ccc(O)cc2Cl)c1. The van der Waals surface area contributed by atoms with Crippen LogP contribution in [-0.2, 0) is 0 Å². The quantitative estimate of drug-likeness (QED) is 0.812. The fourth-order valence-corrected chi connectivity index (χ4v) is 1.81. The van der Waals surface area contributed by atoms with Crippen LogP contribution in [0.3, 0.4) is 0 Å². The molecule has 18 heavy (non-hydrogen) atoms. The lowest BCUT2D eigenvalue weighted by molar-refractivity contribution is 0.102. The van der Waals surface area contributed by atoms with Crippen LogP contribution in [0.5, 0.6) is 5.75 Å². The van der Waals surface area contributed by atoms with Crippen molar-refractivity contribution in [1.29, 1.82) is 0 Å². The number of rotatable bonds is 2. The van der Waals surface area contributed by atoms with Gasteiger partial charge in [0.05, 0.1) is 10.7 Å². The second-order valence-corrected chi connectivity index (χ2v) is 4.39. The fraction of sp³-hybridized carbons (Fsp3) is 0.0714. The maximum absolute atomic E-state index is 12.0. The third-order valence-corrected chi connectivity index (χ3v) is 2.79. The van der Waals surface area contributed by atoms with Crippen LogP contribution in [0.2, 0.25) is 5.02 Å². The number of anilines is 1. The number of hydrogen-bond donors (Lipinski definition) is 2. The summed E-state index contributed by atoms with van der Waals surface area (Å²) in [7, 11) is 0. The Balaban J connectivity index is 2.21. The lowest BCUT2D eigenvalue weighted by atomic mass is 10.1. The van der Waals surface area contributed by atoms with Gasteiger partial charge in [-0.25, -0.2) is 0 Å². The lowest BCUT2D eigenvalue weighted by Gasteiger charge is -2.08. The van der Waals surface area contributed by atoms with Crippen molar-refractivity contribution < 1.29 is 9.90 Å². The zero-order valence-electron chi connectivity index (χ0n) is 9.77. The number of halogens is 1. The molecule has 0 radical (unpaired) electrons. The Kier molecular flexibility index (Phi) is 3.53. The maximum Gasteiger partial charge on any atom is 0.255 e. The predicted octanol–water partition coefficient (Wildman–Crippen LogP) is 3.61. The van der Waals surface area contributed by atoms with Gasteiger partial charge < -0.3 is 10.4 Å². The Labute approximate surface area is 110 Å². The Morgan fingerprint density at radius 3 is 2.67 bits per heavy atom. The molecule has 3 nitrogen and oxygen atoms in total. The molecule has 0 atom stereocenters. The Morgan fingerprint density at radius 2 is 2.00 bits per heavy atom. The minimum absolute atomic E-state index is 0.0635. The summed E-state index contributed by atoms with van der Waals surface area (Å²) in [5.41, 5.74) is 2.06. The number of amides is 1. The molecule has 0 saturated carbocycles. The largest absolute Gasteiger partial charge is 0.508 e. The molecule has 2 aromatic rings. The molecular weight excluding hydrogens is 250 g/mol. The van der Waals surface area contributed by atoms with Crippen molar-refractivity contribution in [2.24, 2.45) is 0 Å². The highest BCUT2D eigenvalue weighted by Crippen LogP contribution is 2.26. The number of aromatic hydroxyl groups is 1. The summed E-state index contributed by atoms with van der Waals surface area (Å²) >= 11 is 5.92. The van der Waals surface area contributed by atoms with Crippen molar-refractivity contribution in [2.45, 2.75) is 6.92 Å². The predicted molar refractivity (Wildman–Crippen MR) is 72.2 cm³/mol. The summed E-state index contributed by atoms with van der Waals surface area (Å²) < 4.78 is 0. The van der Waals surface area contributed by atoms with E-state index in [9.17, 15) is 9.90 Å².